The van der Waals surface area contributed by atoms with Gasteiger partial charge in [0.25, 0.3) is 0 Å². The number of hydrogen-bond donors (Lipinski definition) is 1. The standard InChI is InChI=1S/C32H38BrN3O3/c1-8-24(21-12-10-9-11-13-21)30(37)39-25-16-14-22(18-26(25)38-7)28-29(35-32(5,6)20-31(2,3)4)36-19-23(33)15-17-27(36)34-28/h9-19,24,35H,8,20H2,1-7H3. The molecule has 39 heavy (non-hydrogen) atoms. The van der Waals surface area contributed by atoms with Gasteiger partial charge in [0.15, 0.2) is 11.5 Å². The minimum atomic E-state index is -0.353. The molecular weight excluding hydrogens is 554 g/mol. The summed E-state index contributed by atoms with van der Waals surface area (Å²) in [7, 11) is 1.58. The first-order valence-corrected chi connectivity index (χ1v) is 14.1. The van der Waals surface area contributed by atoms with Gasteiger partial charge in [-0.15, -0.1) is 0 Å². The lowest BCUT2D eigenvalue weighted by molar-refractivity contribution is -0.136. The summed E-state index contributed by atoms with van der Waals surface area (Å²) in [5, 5.41) is 3.77. The minimum Gasteiger partial charge on any atom is -0.493 e. The predicted octanol–water partition coefficient (Wildman–Crippen LogP) is 8.50. The molecule has 1 N–H and O–H groups in total. The third kappa shape index (κ3) is 6.82. The molecule has 2 aromatic heterocycles. The van der Waals surface area contributed by atoms with Crippen molar-refractivity contribution in [2.24, 2.45) is 5.41 Å². The number of methoxy groups -OCH3 is 1. The minimum absolute atomic E-state index is 0.141. The molecule has 0 bridgehead atoms. The van der Waals surface area contributed by atoms with Crippen molar-refractivity contribution >= 4 is 33.4 Å². The number of rotatable bonds is 9. The van der Waals surface area contributed by atoms with E-state index in [1.807, 2.05) is 67.7 Å². The molecule has 2 aromatic carbocycles. The van der Waals surface area contributed by atoms with Gasteiger partial charge in [-0.1, -0.05) is 58.0 Å². The maximum atomic E-state index is 13.1. The molecule has 1 atom stereocenters. The summed E-state index contributed by atoms with van der Waals surface area (Å²) in [6.45, 7) is 13.1. The Morgan fingerprint density at radius 3 is 2.38 bits per heavy atom. The smallest absolute Gasteiger partial charge is 0.318 e. The highest BCUT2D eigenvalue weighted by molar-refractivity contribution is 9.10. The van der Waals surface area contributed by atoms with Crippen LogP contribution in [-0.2, 0) is 4.79 Å². The van der Waals surface area contributed by atoms with Gasteiger partial charge >= 0.3 is 5.97 Å². The number of nitrogens with zero attached hydrogens (tertiary/aromatic N) is 2. The molecule has 4 rings (SSSR count). The first-order chi connectivity index (χ1) is 18.4. The van der Waals surface area contributed by atoms with Crippen molar-refractivity contribution in [2.45, 2.75) is 65.8 Å². The monoisotopic (exact) mass is 591 g/mol. The van der Waals surface area contributed by atoms with Crippen molar-refractivity contribution in [2.75, 3.05) is 12.4 Å². The number of benzene rings is 2. The van der Waals surface area contributed by atoms with Crippen LogP contribution in [0.2, 0.25) is 0 Å². The maximum Gasteiger partial charge on any atom is 0.318 e. The van der Waals surface area contributed by atoms with Crippen molar-refractivity contribution in [3.05, 3.63) is 76.9 Å². The van der Waals surface area contributed by atoms with E-state index in [1.165, 1.54) is 0 Å². The van der Waals surface area contributed by atoms with E-state index in [-0.39, 0.29) is 22.8 Å². The van der Waals surface area contributed by atoms with Crippen molar-refractivity contribution in [3.8, 4) is 22.8 Å². The summed E-state index contributed by atoms with van der Waals surface area (Å²) in [4.78, 5) is 18.1. The highest BCUT2D eigenvalue weighted by Gasteiger charge is 2.29. The van der Waals surface area contributed by atoms with Gasteiger partial charge < -0.3 is 14.8 Å². The fourth-order valence-corrected chi connectivity index (χ4v) is 5.67. The molecule has 0 saturated heterocycles. The van der Waals surface area contributed by atoms with E-state index >= 15 is 0 Å². The summed E-state index contributed by atoms with van der Waals surface area (Å²) < 4.78 is 14.6. The summed E-state index contributed by atoms with van der Waals surface area (Å²) >= 11 is 3.61. The molecule has 1 unspecified atom stereocenters. The number of carbonyl (C=O) groups is 1. The van der Waals surface area contributed by atoms with Crippen LogP contribution in [0.4, 0.5) is 5.82 Å². The number of halogens is 1. The Morgan fingerprint density at radius 1 is 1.03 bits per heavy atom. The van der Waals surface area contributed by atoms with Gasteiger partial charge in [-0.25, -0.2) is 4.98 Å². The molecule has 6 nitrogen and oxygen atoms in total. The second-order valence-corrected chi connectivity index (χ2v) is 12.7. The number of fused-ring (bicyclic) bond motifs is 1. The van der Waals surface area contributed by atoms with Gasteiger partial charge in [-0.3, -0.25) is 9.20 Å². The predicted molar refractivity (Wildman–Crippen MR) is 162 cm³/mol. The summed E-state index contributed by atoms with van der Waals surface area (Å²) in [5.74, 6) is 1.09. The number of pyridine rings is 1. The highest BCUT2D eigenvalue weighted by Crippen LogP contribution is 2.39. The van der Waals surface area contributed by atoms with E-state index in [0.29, 0.717) is 17.9 Å². The van der Waals surface area contributed by atoms with E-state index in [1.54, 1.807) is 13.2 Å². The van der Waals surface area contributed by atoms with Gasteiger partial charge in [0.05, 0.1) is 13.0 Å². The fourth-order valence-electron chi connectivity index (χ4n) is 5.33. The zero-order valence-corrected chi connectivity index (χ0v) is 25.4. The zero-order valence-electron chi connectivity index (χ0n) is 23.8. The molecule has 4 aromatic rings. The zero-order chi connectivity index (χ0) is 28.4. The second kappa shape index (κ2) is 11.4. The number of nitrogens with one attached hydrogen (secondary N) is 1. The molecule has 0 radical (unpaired) electrons. The Kier molecular flexibility index (Phi) is 8.40. The number of imidazole rings is 1. The third-order valence-electron chi connectivity index (χ3n) is 6.55. The summed E-state index contributed by atoms with van der Waals surface area (Å²) in [5.41, 5.74) is 3.35. The molecular formula is C32H38BrN3O3. The van der Waals surface area contributed by atoms with Crippen LogP contribution < -0.4 is 14.8 Å². The highest BCUT2D eigenvalue weighted by atomic mass is 79.9. The number of esters is 1. The molecule has 206 valence electrons. The van der Waals surface area contributed by atoms with Gasteiger partial charge in [0.2, 0.25) is 0 Å². The second-order valence-electron chi connectivity index (χ2n) is 11.8. The maximum absolute atomic E-state index is 13.1. The Hall–Kier alpha value is -3.32. The SMILES string of the molecule is CCC(C(=O)Oc1ccc(-c2nc3ccc(Br)cn3c2NC(C)(C)CC(C)(C)C)cc1OC)c1ccccc1. The number of ether oxygens (including phenoxy) is 2. The Labute approximate surface area is 239 Å². The third-order valence-corrected chi connectivity index (χ3v) is 7.02. The molecule has 0 fully saturated rings. The van der Waals surface area contributed by atoms with Crippen LogP contribution in [0.25, 0.3) is 16.9 Å². The molecule has 0 aliphatic heterocycles. The average molecular weight is 593 g/mol. The van der Waals surface area contributed by atoms with Crippen LogP contribution in [0, 0.1) is 5.41 Å². The van der Waals surface area contributed by atoms with Crippen molar-refractivity contribution in [3.63, 3.8) is 0 Å². The van der Waals surface area contributed by atoms with E-state index in [9.17, 15) is 4.79 Å². The quantitative estimate of drug-likeness (QED) is 0.156. The molecule has 0 aliphatic rings. The van der Waals surface area contributed by atoms with Crippen molar-refractivity contribution < 1.29 is 14.3 Å². The summed E-state index contributed by atoms with van der Waals surface area (Å²) in [6.07, 6.45) is 3.61. The molecule has 7 heteroatoms. The average Bonchev–Trinajstić information content (AvgIpc) is 3.20. The van der Waals surface area contributed by atoms with Crippen LogP contribution in [-0.4, -0.2) is 28.0 Å². The van der Waals surface area contributed by atoms with Crippen LogP contribution in [0.5, 0.6) is 11.5 Å². The van der Waals surface area contributed by atoms with E-state index < -0.39 is 0 Å². The van der Waals surface area contributed by atoms with Gasteiger partial charge in [-0.05, 0) is 83.9 Å². The Morgan fingerprint density at radius 2 is 1.74 bits per heavy atom. The number of carbonyl (C=O) groups excluding carboxylic acids is 1. The van der Waals surface area contributed by atoms with Crippen LogP contribution in [0.3, 0.4) is 0 Å². The normalized spacial score (nSPS) is 12.8. The van der Waals surface area contributed by atoms with Crippen LogP contribution >= 0.6 is 15.9 Å². The van der Waals surface area contributed by atoms with E-state index in [0.717, 1.165) is 39.2 Å². The summed E-state index contributed by atoms with van der Waals surface area (Å²) in [6, 6.07) is 19.3. The van der Waals surface area contributed by atoms with Crippen molar-refractivity contribution in [1.82, 2.24) is 9.38 Å². The first kappa shape index (κ1) is 28.7. The van der Waals surface area contributed by atoms with Crippen LogP contribution in [0.15, 0.2) is 71.3 Å². The van der Waals surface area contributed by atoms with Crippen molar-refractivity contribution in [1.29, 1.82) is 0 Å². The van der Waals surface area contributed by atoms with E-state index in [2.05, 4.69) is 60.3 Å². The van der Waals surface area contributed by atoms with Gasteiger partial charge in [0.1, 0.15) is 17.2 Å². The Bertz CT molecular complexity index is 1460. The lowest BCUT2D eigenvalue weighted by atomic mass is 9.82. The number of anilines is 1. The molecule has 2 heterocycles. The fraction of sp³-hybridized carbons (Fsp3) is 0.375. The topological polar surface area (TPSA) is 64.9 Å². The number of hydrogen-bond acceptors (Lipinski definition) is 5. The van der Waals surface area contributed by atoms with Crippen LogP contribution in [0.1, 0.15) is 65.9 Å². The van der Waals surface area contributed by atoms with Gasteiger partial charge in [0, 0.05) is 21.8 Å². The molecule has 0 aliphatic carbocycles. The number of aromatic nitrogens is 2. The lowest BCUT2D eigenvalue weighted by Crippen LogP contribution is -2.36. The molecule has 0 amide bonds. The van der Waals surface area contributed by atoms with Gasteiger partial charge in [-0.2, -0.15) is 0 Å². The largest absolute Gasteiger partial charge is 0.493 e. The molecule has 0 spiro atoms. The molecule has 0 saturated carbocycles. The Balaban J connectivity index is 1.71. The lowest BCUT2D eigenvalue weighted by Gasteiger charge is -2.34. The van der Waals surface area contributed by atoms with E-state index in [4.69, 9.17) is 14.5 Å². The first-order valence-electron chi connectivity index (χ1n) is 13.3.